The van der Waals surface area contributed by atoms with Crippen molar-refractivity contribution in [3.8, 4) is 17.2 Å². The lowest BCUT2D eigenvalue weighted by Crippen LogP contribution is -2.55. The fraction of sp³-hybridized carbons (Fsp3) is 0.429. The summed E-state index contributed by atoms with van der Waals surface area (Å²) >= 11 is 0. The lowest BCUT2D eigenvalue weighted by molar-refractivity contribution is -0.144. The fourth-order valence-electron chi connectivity index (χ4n) is 3.97. The van der Waals surface area contributed by atoms with E-state index in [2.05, 4.69) is 11.2 Å². The summed E-state index contributed by atoms with van der Waals surface area (Å²) in [6, 6.07) is 9.76. The van der Waals surface area contributed by atoms with Gasteiger partial charge in [-0.05, 0) is 30.9 Å². The SMILES string of the molecule is Cn1cc(-c2ccccc2C(=O)N2CCN(C(=O)C3(C#N)CCC3)CC2)cn1. The molecular weight excluding hydrogens is 354 g/mol. The average molecular weight is 377 g/mol. The first-order valence-corrected chi connectivity index (χ1v) is 9.62. The molecule has 0 bridgehead atoms. The number of hydrogen-bond donors (Lipinski definition) is 0. The molecule has 1 aliphatic carbocycles. The third kappa shape index (κ3) is 3.05. The average Bonchev–Trinajstić information content (AvgIpc) is 3.13. The molecule has 1 aliphatic heterocycles. The Hall–Kier alpha value is -3.14. The molecule has 0 N–H and O–H groups in total. The Labute approximate surface area is 164 Å². The van der Waals surface area contributed by atoms with Crippen LogP contribution in [0.5, 0.6) is 0 Å². The second kappa shape index (κ2) is 7.12. The van der Waals surface area contributed by atoms with Crippen LogP contribution in [-0.4, -0.2) is 57.6 Å². The van der Waals surface area contributed by atoms with E-state index in [1.165, 1.54) is 0 Å². The van der Waals surface area contributed by atoms with E-state index in [0.29, 0.717) is 44.6 Å². The zero-order chi connectivity index (χ0) is 19.7. The molecule has 2 heterocycles. The number of nitriles is 1. The van der Waals surface area contributed by atoms with Gasteiger partial charge in [0.2, 0.25) is 5.91 Å². The number of aromatic nitrogens is 2. The first-order chi connectivity index (χ1) is 13.5. The first-order valence-electron chi connectivity index (χ1n) is 9.62. The van der Waals surface area contributed by atoms with Crippen LogP contribution < -0.4 is 0 Å². The van der Waals surface area contributed by atoms with Crippen molar-refractivity contribution < 1.29 is 9.59 Å². The van der Waals surface area contributed by atoms with Gasteiger partial charge in [0.05, 0.1) is 12.3 Å². The van der Waals surface area contributed by atoms with Crippen LogP contribution >= 0.6 is 0 Å². The summed E-state index contributed by atoms with van der Waals surface area (Å²) in [7, 11) is 1.85. The fourth-order valence-corrected chi connectivity index (χ4v) is 3.97. The third-order valence-electron chi connectivity index (χ3n) is 5.86. The maximum absolute atomic E-state index is 13.1. The molecule has 2 aromatic rings. The summed E-state index contributed by atoms with van der Waals surface area (Å²) in [5.74, 6) is -0.102. The maximum atomic E-state index is 13.1. The van der Waals surface area contributed by atoms with Gasteiger partial charge in [0.1, 0.15) is 5.41 Å². The van der Waals surface area contributed by atoms with Gasteiger partial charge in [-0.15, -0.1) is 0 Å². The molecule has 0 radical (unpaired) electrons. The monoisotopic (exact) mass is 377 g/mol. The molecule has 1 saturated carbocycles. The summed E-state index contributed by atoms with van der Waals surface area (Å²) in [5.41, 5.74) is 1.58. The van der Waals surface area contributed by atoms with E-state index in [-0.39, 0.29) is 11.8 Å². The van der Waals surface area contributed by atoms with Crippen LogP contribution in [0, 0.1) is 16.7 Å². The topological polar surface area (TPSA) is 82.2 Å². The van der Waals surface area contributed by atoms with Crippen LogP contribution in [0.1, 0.15) is 29.6 Å². The number of aryl methyl sites for hydroxylation is 1. The Morgan fingerprint density at radius 1 is 1.11 bits per heavy atom. The Balaban J connectivity index is 1.47. The second-order valence-electron chi connectivity index (χ2n) is 7.58. The Morgan fingerprint density at radius 3 is 2.36 bits per heavy atom. The van der Waals surface area contributed by atoms with Crippen LogP contribution in [0.4, 0.5) is 0 Å². The molecule has 2 fully saturated rings. The number of hydrogen-bond acceptors (Lipinski definition) is 4. The summed E-state index contributed by atoms with van der Waals surface area (Å²) in [4.78, 5) is 29.4. The molecule has 144 valence electrons. The highest BCUT2D eigenvalue weighted by molar-refractivity contribution is 6.01. The van der Waals surface area contributed by atoms with Gasteiger partial charge in [0.15, 0.2) is 0 Å². The highest BCUT2D eigenvalue weighted by Gasteiger charge is 2.47. The summed E-state index contributed by atoms with van der Waals surface area (Å²) in [6.45, 7) is 1.91. The maximum Gasteiger partial charge on any atom is 0.254 e. The van der Waals surface area contributed by atoms with Crippen molar-refractivity contribution in [3.63, 3.8) is 0 Å². The minimum atomic E-state index is -0.820. The second-order valence-corrected chi connectivity index (χ2v) is 7.58. The summed E-state index contributed by atoms with van der Waals surface area (Å²) in [6.07, 6.45) is 5.88. The lowest BCUT2D eigenvalue weighted by Gasteiger charge is -2.41. The molecular formula is C21H23N5O2. The number of nitrogens with zero attached hydrogens (tertiary/aromatic N) is 5. The minimum Gasteiger partial charge on any atom is -0.338 e. The van der Waals surface area contributed by atoms with Crippen molar-refractivity contribution >= 4 is 11.8 Å². The molecule has 0 unspecified atom stereocenters. The number of benzene rings is 1. The Kier molecular flexibility index (Phi) is 4.63. The van der Waals surface area contributed by atoms with Crippen molar-refractivity contribution in [1.29, 1.82) is 5.26 Å². The summed E-state index contributed by atoms with van der Waals surface area (Å²) < 4.78 is 1.71. The molecule has 7 heteroatoms. The normalized spacial score (nSPS) is 18.3. The molecule has 1 saturated heterocycles. The number of carbonyl (C=O) groups is 2. The van der Waals surface area contributed by atoms with E-state index in [0.717, 1.165) is 17.5 Å². The predicted molar refractivity (Wildman–Crippen MR) is 103 cm³/mol. The van der Waals surface area contributed by atoms with Gasteiger partial charge in [0, 0.05) is 50.6 Å². The number of amides is 2. The van der Waals surface area contributed by atoms with Gasteiger partial charge in [-0.1, -0.05) is 18.2 Å². The van der Waals surface area contributed by atoms with Gasteiger partial charge >= 0.3 is 0 Å². The zero-order valence-corrected chi connectivity index (χ0v) is 16.0. The van der Waals surface area contributed by atoms with E-state index in [4.69, 9.17) is 0 Å². The van der Waals surface area contributed by atoms with Crippen LogP contribution in [0.3, 0.4) is 0 Å². The van der Waals surface area contributed by atoms with Gasteiger partial charge < -0.3 is 9.80 Å². The molecule has 0 spiro atoms. The predicted octanol–water partition coefficient (Wildman–Crippen LogP) is 2.07. The van der Waals surface area contributed by atoms with Crippen LogP contribution in [0.15, 0.2) is 36.7 Å². The van der Waals surface area contributed by atoms with Gasteiger partial charge in [-0.2, -0.15) is 10.4 Å². The third-order valence-corrected chi connectivity index (χ3v) is 5.86. The standard InChI is InChI=1S/C21H23N5O2/c1-24-14-16(13-23-24)17-5-2-3-6-18(17)19(27)25-9-11-26(12-10-25)20(28)21(15-22)7-4-8-21/h2-3,5-6,13-14H,4,7-12H2,1H3. The van der Waals surface area contributed by atoms with Crippen molar-refractivity contribution in [2.24, 2.45) is 12.5 Å². The summed E-state index contributed by atoms with van der Waals surface area (Å²) in [5, 5.41) is 13.6. The van der Waals surface area contributed by atoms with E-state index in [1.54, 1.807) is 20.7 Å². The van der Waals surface area contributed by atoms with E-state index >= 15 is 0 Å². The van der Waals surface area contributed by atoms with E-state index in [1.807, 2.05) is 37.5 Å². The van der Waals surface area contributed by atoms with Gasteiger partial charge in [-0.25, -0.2) is 0 Å². The largest absolute Gasteiger partial charge is 0.338 e. The molecule has 28 heavy (non-hydrogen) atoms. The minimum absolute atomic E-state index is 0.0369. The van der Waals surface area contributed by atoms with Gasteiger partial charge in [0.25, 0.3) is 5.91 Å². The van der Waals surface area contributed by atoms with Crippen molar-refractivity contribution in [2.45, 2.75) is 19.3 Å². The first kappa shape index (κ1) is 18.2. The molecule has 2 aliphatic rings. The van der Waals surface area contributed by atoms with E-state index < -0.39 is 5.41 Å². The smallest absolute Gasteiger partial charge is 0.254 e. The van der Waals surface area contributed by atoms with Crippen molar-refractivity contribution in [1.82, 2.24) is 19.6 Å². The van der Waals surface area contributed by atoms with Crippen LogP contribution in [0.2, 0.25) is 0 Å². The molecule has 7 nitrogen and oxygen atoms in total. The van der Waals surface area contributed by atoms with Gasteiger partial charge in [-0.3, -0.25) is 14.3 Å². The van der Waals surface area contributed by atoms with Crippen molar-refractivity contribution in [3.05, 3.63) is 42.2 Å². The number of carbonyl (C=O) groups excluding carboxylic acids is 2. The molecule has 4 rings (SSSR count). The number of piperazine rings is 1. The van der Waals surface area contributed by atoms with Crippen molar-refractivity contribution in [2.75, 3.05) is 26.2 Å². The Morgan fingerprint density at radius 2 is 1.79 bits per heavy atom. The van der Waals surface area contributed by atoms with Crippen LogP contribution in [0.25, 0.3) is 11.1 Å². The zero-order valence-electron chi connectivity index (χ0n) is 16.0. The van der Waals surface area contributed by atoms with E-state index in [9.17, 15) is 14.9 Å². The molecule has 0 atom stereocenters. The highest BCUT2D eigenvalue weighted by Crippen LogP contribution is 2.42. The molecule has 1 aromatic carbocycles. The highest BCUT2D eigenvalue weighted by atomic mass is 16.2. The van der Waals surface area contributed by atoms with Crippen LogP contribution in [-0.2, 0) is 11.8 Å². The molecule has 1 aromatic heterocycles. The Bertz CT molecular complexity index is 946. The number of rotatable bonds is 3. The molecule has 2 amide bonds. The lowest BCUT2D eigenvalue weighted by atomic mass is 9.69. The quantitative estimate of drug-likeness (QED) is 0.820.